The minimum Gasteiger partial charge on any atom is -0.369 e. The highest BCUT2D eigenvalue weighted by Crippen LogP contribution is 2.31. The standard InChI is InChI=1S/C21H23ClF3N5O/c1-12(26)17-18(22)16(11-29-19(17)28-10-13-6-8-27-9-7-13)20(31)30-15-4-2-14(3-5-15)21(23,24)25/h2-5,11,13,26-27H,6-10H2,1H3,(H,28,29)(H,30,31). The molecule has 1 aliphatic heterocycles. The molecule has 6 nitrogen and oxygen atoms in total. The lowest BCUT2D eigenvalue weighted by Gasteiger charge is -2.24. The van der Waals surface area contributed by atoms with E-state index in [4.69, 9.17) is 17.0 Å². The second-order valence-corrected chi connectivity index (χ2v) is 7.82. The van der Waals surface area contributed by atoms with Gasteiger partial charge in [0.15, 0.2) is 0 Å². The van der Waals surface area contributed by atoms with Crippen molar-refractivity contribution in [1.82, 2.24) is 10.3 Å². The molecule has 4 N–H and O–H groups in total. The number of halogens is 4. The molecule has 1 amide bonds. The molecule has 2 aromatic rings. The molecular formula is C21H23ClF3N5O. The highest BCUT2D eigenvalue weighted by atomic mass is 35.5. The van der Waals surface area contributed by atoms with Crippen LogP contribution in [-0.2, 0) is 6.18 Å². The highest BCUT2D eigenvalue weighted by molar-refractivity contribution is 6.38. The Labute approximate surface area is 183 Å². The van der Waals surface area contributed by atoms with Crippen LogP contribution in [0.3, 0.4) is 0 Å². The predicted molar refractivity (Wildman–Crippen MR) is 115 cm³/mol. The number of alkyl halides is 3. The Kier molecular flexibility index (Phi) is 7.17. The third kappa shape index (κ3) is 5.74. The molecule has 3 rings (SSSR count). The maximum atomic E-state index is 12.7. The number of benzene rings is 1. The minimum atomic E-state index is -4.46. The molecule has 2 heterocycles. The van der Waals surface area contributed by atoms with Crippen LogP contribution in [0.5, 0.6) is 0 Å². The van der Waals surface area contributed by atoms with Crippen LogP contribution in [0.4, 0.5) is 24.7 Å². The fourth-order valence-electron chi connectivity index (χ4n) is 3.39. The van der Waals surface area contributed by atoms with Crippen molar-refractivity contribution in [2.75, 3.05) is 30.3 Å². The Morgan fingerprint density at radius 3 is 2.48 bits per heavy atom. The van der Waals surface area contributed by atoms with Gasteiger partial charge in [-0.25, -0.2) is 4.98 Å². The molecular weight excluding hydrogens is 431 g/mol. The van der Waals surface area contributed by atoms with Gasteiger partial charge in [0.2, 0.25) is 0 Å². The van der Waals surface area contributed by atoms with E-state index in [0.29, 0.717) is 23.8 Å². The van der Waals surface area contributed by atoms with Crippen molar-refractivity contribution in [2.24, 2.45) is 5.92 Å². The molecule has 0 atom stereocenters. The molecule has 0 aliphatic carbocycles. The van der Waals surface area contributed by atoms with Crippen molar-refractivity contribution in [1.29, 1.82) is 5.41 Å². The van der Waals surface area contributed by atoms with Crippen molar-refractivity contribution in [3.63, 3.8) is 0 Å². The van der Waals surface area contributed by atoms with Crippen molar-refractivity contribution in [3.05, 3.63) is 52.2 Å². The Balaban J connectivity index is 1.76. The van der Waals surface area contributed by atoms with Crippen LogP contribution in [0.15, 0.2) is 30.5 Å². The van der Waals surface area contributed by atoms with E-state index in [-0.39, 0.29) is 22.0 Å². The predicted octanol–water partition coefficient (Wildman–Crippen LogP) is 4.81. The number of amides is 1. The van der Waals surface area contributed by atoms with E-state index in [2.05, 4.69) is 20.9 Å². The quantitative estimate of drug-likeness (QED) is 0.473. The van der Waals surface area contributed by atoms with E-state index < -0.39 is 17.6 Å². The summed E-state index contributed by atoms with van der Waals surface area (Å²) in [7, 11) is 0. The molecule has 0 bridgehead atoms. The van der Waals surface area contributed by atoms with Crippen molar-refractivity contribution >= 4 is 34.7 Å². The lowest BCUT2D eigenvalue weighted by Crippen LogP contribution is -2.31. The SMILES string of the molecule is CC(=N)c1c(NCC2CCNCC2)ncc(C(=O)Nc2ccc(C(F)(F)F)cc2)c1Cl. The molecule has 1 saturated heterocycles. The zero-order chi connectivity index (χ0) is 22.6. The summed E-state index contributed by atoms with van der Waals surface area (Å²) in [5.41, 5.74) is -0.105. The number of piperidine rings is 1. The normalized spacial score (nSPS) is 14.9. The highest BCUT2D eigenvalue weighted by Gasteiger charge is 2.30. The maximum Gasteiger partial charge on any atom is 0.416 e. The molecule has 0 saturated carbocycles. The number of rotatable bonds is 6. The lowest BCUT2D eigenvalue weighted by atomic mass is 9.98. The molecule has 166 valence electrons. The second-order valence-electron chi connectivity index (χ2n) is 7.44. The second kappa shape index (κ2) is 9.65. The zero-order valence-corrected chi connectivity index (χ0v) is 17.6. The van der Waals surface area contributed by atoms with Crippen LogP contribution in [0, 0.1) is 11.3 Å². The van der Waals surface area contributed by atoms with Gasteiger partial charge in [0.25, 0.3) is 5.91 Å². The first-order chi connectivity index (χ1) is 14.7. The van der Waals surface area contributed by atoms with E-state index >= 15 is 0 Å². The Morgan fingerprint density at radius 1 is 1.26 bits per heavy atom. The number of aromatic nitrogens is 1. The van der Waals surface area contributed by atoms with Gasteiger partial charge in [-0.1, -0.05) is 11.6 Å². The smallest absolute Gasteiger partial charge is 0.369 e. The summed E-state index contributed by atoms with van der Waals surface area (Å²) in [4.78, 5) is 16.9. The minimum absolute atomic E-state index is 0.0376. The third-order valence-electron chi connectivity index (χ3n) is 5.12. The molecule has 1 aliphatic rings. The molecule has 10 heteroatoms. The monoisotopic (exact) mass is 453 g/mol. The van der Waals surface area contributed by atoms with Crippen LogP contribution in [0.1, 0.15) is 41.3 Å². The summed E-state index contributed by atoms with van der Waals surface area (Å²) < 4.78 is 38.1. The van der Waals surface area contributed by atoms with E-state index in [1.54, 1.807) is 6.92 Å². The largest absolute Gasteiger partial charge is 0.416 e. The van der Waals surface area contributed by atoms with Gasteiger partial charge in [-0.05, 0) is 63.0 Å². The van der Waals surface area contributed by atoms with Gasteiger partial charge >= 0.3 is 6.18 Å². The summed E-state index contributed by atoms with van der Waals surface area (Å²) in [6.07, 6.45) is -1.08. The number of nitrogens with zero attached hydrogens (tertiary/aromatic N) is 1. The Bertz CT molecular complexity index is 957. The summed E-state index contributed by atoms with van der Waals surface area (Å²) in [5.74, 6) is 0.287. The average Bonchev–Trinajstić information content (AvgIpc) is 2.72. The summed E-state index contributed by atoms with van der Waals surface area (Å²) in [5, 5.41) is 17.2. The van der Waals surface area contributed by atoms with Crippen molar-refractivity contribution in [3.8, 4) is 0 Å². The number of pyridine rings is 1. The number of hydrogen-bond acceptors (Lipinski definition) is 5. The molecule has 1 aromatic heterocycles. The van der Waals surface area contributed by atoms with Crippen molar-refractivity contribution in [2.45, 2.75) is 25.9 Å². The van der Waals surface area contributed by atoms with Crippen molar-refractivity contribution < 1.29 is 18.0 Å². The van der Waals surface area contributed by atoms with Crippen LogP contribution < -0.4 is 16.0 Å². The zero-order valence-electron chi connectivity index (χ0n) is 16.9. The van der Waals surface area contributed by atoms with Crippen LogP contribution in [0.25, 0.3) is 0 Å². The van der Waals surface area contributed by atoms with Crippen LogP contribution in [-0.4, -0.2) is 36.2 Å². The van der Waals surface area contributed by atoms with Gasteiger partial charge in [0.05, 0.1) is 21.7 Å². The van der Waals surface area contributed by atoms with Gasteiger partial charge in [0.1, 0.15) is 5.82 Å². The van der Waals surface area contributed by atoms with Gasteiger partial charge in [-0.15, -0.1) is 0 Å². The lowest BCUT2D eigenvalue weighted by molar-refractivity contribution is -0.137. The number of nitrogens with one attached hydrogen (secondary N) is 4. The fraction of sp³-hybridized carbons (Fsp3) is 0.381. The first-order valence-electron chi connectivity index (χ1n) is 9.84. The number of anilines is 2. The number of hydrogen-bond donors (Lipinski definition) is 4. The van der Waals surface area contributed by atoms with Crippen LogP contribution >= 0.6 is 11.6 Å². The van der Waals surface area contributed by atoms with E-state index in [1.807, 2.05) is 0 Å². The maximum absolute atomic E-state index is 12.7. The molecule has 0 unspecified atom stereocenters. The summed E-state index contributed by atoms with van der Waals surface area (Å²) in [6, 6.07) is 4.10. The molecule has 1 aromatic carbocycles. The topological polar surface area (TPSA) is 89.9 Å². The van der Waals surface area contributed by atoms with E-state index in [0.717, 1.165) is 38.1 Å². The summed E-state index contributed by atoms with van der Waals surface area (Å²) >= 11 is 6.44. The molecule has 1 fully saturated rings. The summed E-state index contributed by atoms with van der Waals surface area (Å²) in [6.45, 7) is 4.15. The Hall–Kier alpha value is -2.65. The molecule has 0 spiro atoms. The first kappa shape index (κ1) is 23.0. The van der Waals surface area contributed by atoms with Gasteiger partial charge < -0.3 is 21.4 Å². The number of carbonyl (C=O) groups excluding carboxylic acids is 1. The average molecular weight is 454 g/mol. The third-order valence-corrected chi connectivity index (χ3v) is 5.51. The first-order valence-corrected chi connectivity index (χ1v) is 10.2. The van der Waals surface area contributed by atoms with Gasteiger partial charge in [-0.2, -0.15) is 13.2 Å². The van der Waals surface area contributed by atoms with E-state index in [9.17, 15) is 18.0 Å². The molecule has 0 radical (unpaired) electrons. The Morgan fingerprint density at radius 2 is 1.90 bits per heavy atom. The van der Waals surface area contributed by atoms with Gasteiger partial charge in [-0.3, -0.25) is 4.79 Å². The number of carbonyl (C=O) groups is 1. The van der Waals surface area contributed by atoms with Gasteiger partial charge in [0, 0.05) is 24.1 Å². The fourth-order valence-corrected chi connectivity index (χ4v) is 3.76. The molecule has 31 heavy (non-hydrogen) atoms. The van der Waals surface area contributed by atoms with Crippen LogP contribution in [0.2, 0.25) is 5.02 Å². The van der Waals surface area contributed by atoms with E-state index in [1.165, 1.54) is 18.3 Å².